The van der Waals surface area contributed by atoms with Crippen molar-refractivity contribution in [3.63, 3.8) is 0 Å². The SMILES string of the molecule is CC(C)c1cc(NCCCN(C)C)n2c(nc3ccccc32)c1C#N. The van der Waals surface area contributed by atoms with Crippen molar-refractivity contribution in [1.29, 1.82) is 5.26 Å². The van der Waals surface area contributed by atoms with Crippen LogP contribution in [0.4, 0.5) is 5.82 Å². The van der Waals surface area contributed by atoms with E-state index >= 15 is 0 Å². The van der Waals surface area contributed by atoms with Crippen LogP contribution in [0.3, 0.4) is 0 Å². The van der Waals surface area contributed by atoms with Crippen molar-refractivity contribution >= 4 is 22.5 Å². The van der Waals surface area contributed by atoms with E-state index in [1.165, 1.54) is 0 Å². The monoisotopic (exact) mass is 335 g/mol. The molecule has 0 radical (unpaired) electrons. The van der Waals surface area contributed by atoms with Gasteiger partial charge < -0.3 is 10.2 Å². The summed E-state index contributed by atoms with van der Waals surface area (Å²) < 4.78 is 2.08. The first-order valence-corrected chi connectivity index (χ1v) is 8.75. The fraction of sp³-hybridized carbons (Fsp3) is 0.400. The number of imidazole rings is 1. The van der Waals surface area contributed by atoms with Crippen LogP contribution < -0.4 is 5.32 Å². The molecule has 130 valence electrons. The van der Waals surface area contributed by atoms with Crippen molar-refractivity contribution in [3.05, 3.63) is 41.5 Å². The fourth-order valence-electron chi connectivity index (χ4n) is 3.16. The summed E-state index contributed by atoms with van der Waals surface area (Å²) in [5, 5.41) is 13.3. The summed E-state index contributed by atoms with van der Waals surface area (Å²) in [6, 6.07) is 12.5. The molecule has 0 aliphatic carbocycles. The van der Waals surface area contributed by atoms with Gasteiger partial charge in [-0.25, -0.2) is 4.98 Å². The maximum Gasteiger partial charge on any atom is 0.157 e. The maximum absolute atomic E-state index is 9.73. The Balaban J connectivity index is 2.14. The summed E-state index contributed by atoms with van der Waals surface area (Å²) in [6.45, 7) is 6.15. The van der Waals surface area contributed by atoms with Crippen molar-refractivity contribution in [1.82, 2.24) is 14.3 Å². The Labute approximate surface area is 148 Å². The number of benzene rings is 1. The van der Waals surface area contributed by atoms with E-state index in [0.29, 0.717) is 5.56 Å². The van der Waals surface area contributed by atoms with Crippen LogP contribution in [-0.2, 0) is 0 Å². The van der Waals surface area contributed by atoms with Gasteiger partial charge in [0.1, 0.15) is 11.9 Å². The average Bonchev–Trinajstić information content (AvgIpc) is 2.97. The summed E-state index contributed by atoms with van der Waals surface area (Å²) in [5.74, 6) is 1.27. The summed E-state index contributed by atoms with van der Waals surface area (Å²) in [4.78, 5) is 6.92. The van der Waals surface area contributed by atoms with Crippen LogP contribution in [0.2, 0.25) is 0 Å². The molecule has 0 bridgehead atoms. The molecule has 0 fully saturated rings. The Hall–Kier alpha value is -2.58. The van der Waals surface area contributed by atoms with E-state index < -0.39 is 0 Å². The number of nitrogens with one attached hydrogen (secondary N) is 1. The molecule has 2 aromatic heterocycles. The molecule has 5 heteroatoms. The number of pyridine rings is 1. The van der Waals surface area contributed by atoms with E-state index in [9.17, 15) is 5.26 Å². The zero-order valence-corrected chi connectivity index (χ0v) is 15.4. The van der Waals surface area contributed by atoms with Crippen LogP contribution in [0, 0.1) is 11.3 Å². The van der Waals surface area contributed by atoms with Crippen LogP contribution in [0.1, 0.15) is 37.3 Å². The second-order valence-electron chi connectivity index (χ2n) is 6.97. The Morgan fingerprint density at radius 3 is 2.72 bits per heavy atom. The number of aromatic nitrogens is 2. The van der Waals surface area contributed by atoms with E-state index in [0.717, 1.165) is 47.6 Å². The zero-order chi connectivity index (χ0) is 18.0. The lowest BCUT2D eigenvalue weighted by molar-refractivity contribution is 0.405. The number of rotatable bonds is 6. The standard InChI is InChI=1S/C20H25N5/c1-14(2)15-12-19(22-10-7-11-24(3)4)25-18-9-6-5-8-17(18)23-20(25)16(15)13-21/h5-6,8-9,12,14,22H,7,10-11H2,1-4H3. The van der Waals surface area contributed by atoms with Crippen molar-refractivity contribution in [3.8, 4) is 6.07 Å². The minimum absolute atomic E-state index is 0.266. The van der Waals surface area contributed by atoms with Gasteiger partial charge in [0.15, 0.2) is 5.65 Å². The van der Waals surface area contributed by atoms with Gasteiger partial charge in [-0.05, 0) is 56.7 Å². The molecule has 1 aromatic carbocycles. The van der Waals surface area contributed by atoms with Crippen LogP contribution in [-0.4, -0.2) is 41.5 Å². The Morgan fingerprint density at radius 1 is 1.28 bits per heavy atom. The first-order chi connectivity index (χ1) is 12.0. The van der Waals surface area contributed by atoms with Crippen LogP contribution in [0.25, 0.3) is 16.7 Å². The molecular weight excluding hydrogens is 310 g/mol. The Bertz CT molecular complexity index is 931. The van der Waals surface area contributed by atoms with Crippen molar-refractivity contribution in [2.24, 2.45) is 0 Å². The lowest BCUT2D eigenvalue weighted by atomic mass is 9.99. The molecule has 1 N–H and O–H groups in total. The van der Waals surface area contributed by atoms with Crippen LogP contribution in [0.5, 0.6) is 0 Å². The van der Waals surface area contributed by atoms with E-state index in [4.69, 9.17) is 4.98 Å². The molecule has 0 unspecified atom stereocenters. The highest BCUT2D eigenvalue weighted by molar-refractivity contribution is 5.85. The van der Waals surface area contributed by atoms with Crippen molar-refractivity contribution in [2.75, 3.05) is 32.5 Å². The predicted molar refractivity (Wildman–Crippen MR) is 103 cm³/mol. The predicted octanol–water partition coefficient (Wildman–Crippen LogP) is 3.85. The molecule has 0 spiro atoms. The molecule has 3 aromatic rings. The molecule has 0 amide bonds. The van der Waals surface area contributed by atoms with E-state index in [1.807, 2.05) is 18.2 Å². The van der Waals surface area contributed by atoms with E-state index in [-0.39, 0.29) is 5.92 Å². The highest BCUT2D eigenvalue weighted by Gasteiger charge is 2.18. The van der Waals surface area contributed by atoms with Crippen LogP contribution >= 0.6 is 0 Å². The van der Waals surface area contributed by atoms with Gasteiger partial charge >= 0.3 is 0 Å². The number of nitrogens with zero attached hydrogens (tertiary/aromatic N) is 4. The summed E-state index contributed by atoms with van der Waals surface area (Å²) in [5.41, 5.74) is 4.39. The molecule has 0 saturated heterocycles. The quantitative estimate of drug-likeness (QED) is 0.695. The molecule has 0 aliphatic rings. The van der Waals surface area contributed by atoms with Gasteiger partial charge in [0.05, 0.1) is 16.6 Å². The third kappa shape index (κ3) is 3.31. The Kier molecular flexibility index (Phi) is 4.91. The fourth-order valence-corrected chi connectivity index (χ4v) is 3.16. The zero-order valence-electron chi connectivity index (χ0n) is 15.4. The summed E-state index contributed by atoms with van der Waals surface area (Å²) >= 11 is 0. The highest BCUT2D eigenvalue weighted by atomic mass is 15.1. The second kappa shape index (κ2) is 7.12. The minimum atomic E-state index is 0.266. The van der Waals surface area contributed by atoms with Gasteiger partial charge in [-0.1, -0.05) is 26.0 Å². The molecule has 0 saturated carbocycles. The van der Waals surface area contributed by atoms with E-state index in [2.05, 4.69) is 60.8 Å². The number of para-hydroxylation sites is 2. The number of hydrogen-bond donors (Lipinski definition) is 1. The van der Waals surface area contributed by atoms with Gasteiger partial charge in [-0.2, -0.15) is 5.26 Å². The second-order valence-corrected chi connectivity index (χ2v) is 6.97. The maximum atomic E-state index is 9.73. The number of anilines is 1. The van der Waals surface area contributed by atoms with Crippen molar-refractivity contribution < 1.29 is 0 Å². The number of hydrogen-bond acceptors (Lipinski definition) is 4. The molecule has 5 nitrogen and oxygen atoms in total. The lowest BCUT2D eigenvalue weighted by Crippen LogP contribution is -2.17. The van der Waals surface area contributed by atoms with Gasteiger partial charge in [0.2, 0.25) is 0 Å². The summed E-state index contributed by atoms with van der Waals surface area (Å²) in [6.07, 6.45) is 1.05. The van der Waals surface area contributed by atoms with E-state index in [1.54, 1.807) is 0 Å². The Morgan fingerprint density at radius 2 is 2.04 bits per heavy atom. The van der Waals surface area contributed by atoms with Gasteiger partial charge in [0, 0.05) is 6.54 Å². The molecule has 0 aliphatic heterocycles. The topological polar surface area (TPSA) is 56.4 Å². The average molecular weight is 335 g/mol. The lowest BCUT2D eigenvalue weighted by Gasteiger charge is -2.16. The third-order valence-corrected chi connectivity index (χ3v) is 4.43. The molecule has 25 heavy (non-hydrogen) atoms. The van der Waals surface area contributed by atoms with Gasteiger partial charge in [-0.15, -0.1) is 0 Å². The molecule has 0 atom stereocenters. The first kappa shape index (κ1) is 17.2. The minimum Gasteiger partial charge on any atom is -0.371 e. The first-order valence-electron chi connectivity index (χ1n) is 8.75. The number of nitriles is 1. The number of fused-ring (bicyclic) bond motifs is 3. The molecule has 3 rings (SSSR count). The third-order valence-electron chi connectivity index (χ3n) is 4.43. The normalized spacial score (nSPS) is 11.6. The highest BCUT2D eigenvalue weighted by Crippen LogP contribution is 2.30. The summed E-state index contributed by atoms with van der Waals surface area (Å²) in [7, 11) is 4.17. The van der Waals surface area contributed by atoms with Crippen LogP contribution in [0.15, 0.2) is 30.3 Å². The molecule has 2 heterocycles. The van der Waals surface area contributed by atoms with Gasteiger partial charge in [0.25, 0.3) is 0 Å². The van der Waals surface area contributed by atoms with Gasteiger partial charge in [-0.3, -0.25) is 4.40 Å². The smallest absolute Gasteiger partial charge is 0.157 e. The largest absolute Gasteiger partial charge is 0.371 e. The molecular formula is C20H25N5. The van der Waals surface area contributed by atoms with Crippen molar-refractivity contribution in [2.45, 2.75) is 26.2 Å².